The Hall–Kier alpha value is -2.43. The van der Waals surface area contributed by atoms with E-state index in [-0.39, 0.29) is 5.75 Å². The minimum atomic E-state index is -0.514. The first-order valence-corrected chi connectivity index (χ1v) is 11.8. The van der Waals surface area contributed by atoms with Crippen LogP contribution in [0.4, 0.5) is 0 Å². The van der Waals surface area contributed by atoms with E-state index < -0.39 is 5.63 Å². The fraction of sp³-hybridized carbons (Fsp3) is 0.577. The zero-order valence-corrected chi connectivity index (χ0v) is 19.4. The molecular weight excluding hydrogens is 392 g/mol. The average Bonchev–Trinajstić information content (AvgIpc) is 2.78. The first-order valence-electron chi connectivity index (χ1n) is 11.8. The Kier molecular flexibility index (Phi) is 11.7. The summed E-state index contributed by atoms with van der Waals surface area (Å²) in [6.45, 7) is 5.24. The van der Waals surface area contributed by atoms with Gasteiger partial charge in [0.05, 0.1) is 20.3 Å². The molecule has 0 radical (unpaired) electrons. The van der Waals surface area contributed by atoms with Crippen LogP contribution in [-0.2, 0) is 0 Å². The molecule has 1 aromatic heterocycles. The van der Waals surface area contributed by atoms with E-state index in [0.29, 0.717) is 35.7 Å². The summed E-state index contributed by atoms with van der Waals surface area (Å²) in [4.78, 5) is 12.6. The van der Waals surface area contributed by atoms with Crippen LogP contribution < -0.4 is 19.8 Å². The van der Waals surface area contributed by atoms with Gasteiger partial charge in [-0.3, -0.25) is 0 Å². The van der Waals surface area contributed by atoms with Crippen LogP contribution in [0.3, 0.4) is 0 Å². The molecule has 2 aromatic rings. The van der Waals surface area contributed by atoms with Crippen molar-refractivity contribution in [1.82, 2.24) is 0 Å². The van der Waals surface area contributed by atoms with Gasteiger partial charge in [-0.15, -0.1) is 0 Å². The van der Waals surface area contributed by atoms with E-state index >= 15 is 0 Å². The van der Waals surface area contributed by atoms with Gasteiger partial charge in [0, 0.05) is 0 Å². The van der Waals surface area contributed by atoms with Crippen molar-refractivity contribution in [1.29, 1.82) is 0 Å². The van der Waals surface area contributed by atoms with Gasteiger partial charge in [-0.1, -0.05) is 77.0 Å². The number of unbranched alkanes of at least 4 members (excludes halogenated alkanes) is 7. The molecule has 0 N–H and O–H groups in total. The maximum absolute atomic E-state index is 12.6. The summed E-state index contributed by atoms with van der Waals surface area (Å²) in [5.74, 6) is 1.14. The molecule has 0 aliphatic rings. The Morgan fingerprint density at radius 3 is 2.29 bits per heavy atom. The minimum Gasteiger partial charge on any atom is -0.496 e. The van der Waals surface area contributed by atoms with Gasteiger partial charge in [-0.05, 0) is 31.4 Å². The van der Waals surface area contributed by atoms with Crippen molar-refractivity contribution in [2.75, 3.05) is 20.3 Å². The minimum absolute atomic E-state index is 0.138. The summed E-state index contributed by atoms with van der Waals surface area (Å²) < 4.78 is 22.9. The number of methoxy groups -OCH3 is 1. The molecule has 0 spiro atoms. The molecule has 0 aliphatic carbocycles. The van der Waals surface area contributed by atoms with Gasteiger partial charge >= 0.3 is 5.63 Å². The molecule has 0 atom stereocenters. The van der Waals surface area contributed by atoms with Crippen molar-refractivity contribution in [2.24, 2.45) is 0 Å². The molecule has 0 unspecified atom stereocenters. The van der Waals surface area contributed by atoms with Crippen LogP contribution in [0, 0.1) is 0 Å². The maximum Gasteiger partial charge on any atom is 0.383 e. The largest absolute Gasteiger partial charge is 0.496 e. The summed E-state index contributed by atoms with van der Waals surface area (Å²) in [7, 11) is 1.59. The van der Waals surface area contributed by atoms with E-state index in [0.717, 1.165) is 25.7 Å². The lowest BCUT2D eigenvalue weighted by molar-refractivity contribution is 0.255. The highest BCUT2D eigenvalue weighted by molar-refractivity contribution is 5.91. The second-order valence-corrected chi connectivity index (χ2v) is 7.72. The van der Waals surface area contributed by atoms with Gasteiger partial charge in [0.15, 0.2) is 5.75 Å². The molecule has 5 nitrogen and oxygen atoms in total. The fourth-order valence-corrected chi connectivity index (χ4v) is 3.53. The Bertz CT molecular complexity index is 853. The lowest BCUT2D eigenvalue weighted by Gasteiger charge is -2.15. The van der Waals surface area contributed by atoms with E-state index in [1.54, 1.807) is 19.2 Å². The highest BCUT2D eigenvalue weighted by Crippen LogP contribution is 2.39. The van der Waals surface area contributed by atoms with Gasteiger partial charge in [-0.2, -0.15) is 0 Å². The van der Waals surface area contributed by atoms with Gasteiger partial charge in [0.25, 0.3) is 0 Å². The molecule has 0 saturated carbocycles. The zero-order valence-electron chi connectivity index (χ0n) is 19.4. The van der Waals surface area contributed by atoms with Crippen molar-refractivity contribution in [2.45, 2.75) is 78.1 Å². The molecule has 0 aliphatic heterocycles. The standard InChI is InChI=1S/C26H38O5/c1-4-6-8-10-11-12-13-15-20-30-25-24(29-19-14-9-7-5-2)23-21(28-3)17-16-18-22(23)31-26(25)27/h7,9,16-18H,4-6,8,10-15,19-20H2,1-3H3/b9-7+. The van der Waals surface area contributed by atoms with Gasteiger partial charge < -0.3 is 18.6 Å². The average molecular weight is 431 g/mol. The molecule has 1 aromatic carbocycles. The number of hydrogen-bond acceptors (Lipinski definition) is 5. The third-order valence-electron chi connectivity index (χ3n) is 5.21. The molecule has 0 fully saturated rings. The molecule has 172 valence electrons. The summed E-state index contributed by atoms with van der Waals surface area (Å²) in [5.41, 5.74) is -0.0812. The monoisotopic (exact) mass is 430 g/mol. The van der Waals surface area contributed by atoms with Gasteiger partial charge in [0.1, 0.15) is 16.7 Å². The topological polar surface area (TPSA) is 57.9 Å². The van der Waals surface area contributed by atoms with Crippen LogP contribution in [0.2, 0.25) is 0 Å². The highest BCUT2D eigenvalue weighted by atomic mass is 16.5. The quantitative estimate of drug-likeness (QED) is 0.162. The summed E-state index contributed by atoms with van der Waals surface area (Å²) >= 11 is 0. The Morgan fingerprint density at radius 2 is 1.58 bits per heavy atom. The third kappa shape index (κ3) is 7.97. The van der Waals surface area contributed by atoms with E-state index in [9.17, 15) is 4.79 Å². The highest BCUT2D eigenvalue weighted by Gasteiger charge is 2.20. The van der Waals surface area contributed by atoms with Crippen molar-refractivity contribution in [3.8, 4) is 17.2 Å². The molecular formula is C26H38O5. The predicted molar refractivity (Wildman–Crippen MR) is 127 cm³/mol. The van der Waals surface area contributed by atoms with Crippen LogP contribution >= 0.6 is 0 Å². The lowest BCUT2D eigenvalue weighted by Crippen LogP contribution is -2.12. The maximum atomic E-state index is 12.6. The van der Waals surface area contributed by atoms with Crippen LogP contribution in [0.25, 0.3) is 11.0 Å². The number of rotatable bonds is 16. The predicted octanol–water partition coefficient (Wildman–Crippen LogP) is 7.06. The molecule has 0 saturated heterocycles. The van der Waals surface area contributed by atoms with Gasteiger partial charge in [-0.25, -0.2) is 4.79 Å². The van der Waals surface area contributed by atoms with E-state index in [2.05, 4.69) is 26.0 Å². The Morgan fingerprint density at radius 1 is 0.871 bits per heavy atom. The second kappa shape index (κ2) is 14.6. The van der Waals surface area contributed by atoms with E-state index in [1.807, 2.05) is 6.07 Å². The molecule has 0 bridgehead atoms. The lowest BCUT2D eigenvalue weighted by atomic mass is 10.1. The zero-order chi connectivity index (χ0) is 22.3. The number of hydrogen-bond donors (Lipinski definition) is 0. The van der Waals surface area contributed by atoms with Crippen molar-refractivity contribution in [3.63, 3.8) is 0 Å². The van der Waals surface area contributed by atoms with Crippen LogP contribution in [0.5, 0.6) is 17.2 Å². The number of ether oxygens (including phenoxy) is 3. The number of fused-ring (bicyclic) bond motifs is 1. The SMILES string of the molecule is CC/C=C/CCOc1c(OCCCCCCCCCC)c(=O)oc2cccc(OC)c12. The molecule has 0 amide bonds. The Labute approximate surface area is 186 Å². The van der Waals surface area contributed by atoms with E-state index in [1.165, 1.54) is 38.5 Å². The molecule has 5 heteroatoms. The fourth-order valence-electron chi connectivity index (χ4n) is 3.53. The van der Waals surface area contributed by atoms with E-state index in [4.69, 9.17) is 18.6 Å². The summed E-state index contributed by atoms with van der Waals surface area (Å²) in [6.07, 6.45) is 15.6. The first kappa shape index (κ1) is 24.8. The number of allylic oxidation sites excluding steroid dienone is 1. The smallest absolute Gasteiger partial charge is 0.383 e. The van der Waals surface area contributed by atoms with Crippen LogP contribution in [0.15, 0.2) is 39.6 Å². The second-order valence-electron chi connectivity index (χ2n) is 7.72. The van der Waals surface area contributed by atoms with Crippen molar-refractivity contribution < 1.29 is 18.6 Å². The summed E-state index contributed by atoms with van der Waals surface area (Å²) in [6, 6.07) is 5.36. The first-order chi connectivity index (χ1) is 15.2. The van der Waals surface area contributed by atoms with Crippen molar-refractivity contribution >= 4 is 11.0 Å². The molecule has 2 rings (SSSR count). The number of benzene rings is 1. The Balaban J connectivity index is 2.07. The summed E-state index contributed by atoms with van der Waals surface area (Å²) in [5, 5.41) is 0.634. The molecule has 31 heavy (non-hydrogen) atoms. The normalized spacial score (nSPS) is 11.3. The van der Waals surface area contributed by atoms with Gasteiger partial charge in [0.2, 0.25) is 5.75 Å². The third-order valence-corrected chi connectivity index (χ3v) is 5.21. The van der Waals surface area contributed by atoms with Crippen molar-refractivity contribution in [3.05, 3.63) is 40.8 Å². The van der Waals surface area contributed by atoms with Crippen LogP contribution in [-0.4, -0.2) is 20.3 Å². The van der Waals surface area contributed by atoms with Crippen LogP contribution in [0.1, 0.15) is 78.1 Å². The molecule has 1 heterocycles.